The fourth-order valence-corrected chi connectivity index (χ4v) is 8.86. The quantitative estimate of drug-likeness (QED) is 0.162. The summed E-state index contributed by atoms with van der Waals surface area (Å²) < 4.78 is 44.7. The van der Waals surface area contributed by atoms with Crippen LogP contribution in [0.2, 0.25) is 5.02 Å². The van der Waals surface area contributed by atoms with Crippen molar-refractivity contribution < 1.29 is 28.1 Å². The first kappa shape index (κ1) is 39.1. The number of carbonyl (C=O) groups is 1. The highest BCUT2D eigenvalue weighted by Gasteiger charge is 2.31. The first-order valence-electron chi connectivity index (χ1n) is 19.8. The summed E-state index contributed by atoms with van der Waals surface area (Å²) in [6.45, 7) is 9.39. The van der Waals surface area contributed by atoms with Gasteiger partial charge < -0.3 is 23.5 Å². The van der Waals surface area contributed by atoms with Crippen molar-refractivity contribution in [1.29, 1.82) is 0 Å². The second kappa shape index (κ2) is 16.6. The van der Waals surface area contributed by atoms with Crippen LogP contribution in [-0.2, 0) is 54.3 Å². The summed E-state index contributed by atoms with van der Waals surface area (Å²) >= 11 is 7.24. The van der Waals surface area contributed by atoms with E-state index in [0.717, 1.165) is 119 Å². The molecule has 0 amide bonds. The lowest BCUT2D eigenvalue weighted by atomic mass is 9.94. The molecule has 0 N–H and O–H groups in total. The third-order valence-electron chi connectivity index (χ3n) is 11.6. The molecule has 2 aliphatic rings. The monoisotopic (exact) mass is 796 g/mol. The number of aryl methyl sites for hydroxylation is 6. The highest BCUT2D eigenvalue weighted by molar-refractivity contribution is 6.35. The van der Waals surface area contributed by atoms with E-state index in [-0.39, 0.29) is 18.5 Å². The Labute approximate surface area is 337 Å². The minimum Gasteiger partial charge on any atom is -0.493 e. The van der Waals surface area contributed by atoms with Crippen molar-refractivity contribution >= 4 is 39.2 Å². The van der Waals surface area contributed by atoms with Crippen LogP contribution in [0.3, 0.4) is 0 Å². The molecule has 6 aromatic rings. The van der Waals surface area contributed by atoms with Gasteiger partial charge in [-0.05, 0) is 111 Å². The highest BCUT2D eigenvalue weighted by atomic mass is 35.5. The van der Waals surface area contributed by atoms with Crippen LogP contribution < -0.4 is 4.74 Å². The van der Waals surface area contributed by atoms with Gasteiger partial charge in [0.1, 0.15) is 23.4 Å². The van der Waals surface area contributed by atoms with E-state index in [0.29, 0.717) is 42.5 Å². The van der Waals surface area contributed by atoms with Crippen LogP contribution in [0.25, 0.3) is 32.8 Å². The van der Waals surface area contributed by atoms with E-state index < -0.39 is 5.97 Å². The molecule has 3 aromatic carbocycles. The minimum atomic E-state index is -0.427. The van der Waals surface area contributed by atoms with Gasteiger partial charge in [0.15, 0.2) is 0 Å². The van der Waals surface area contributed by atoms with Gasteiger partial charge in [0.25, 0.3) is 0 Å². The number of halogens is 2. The molecule has 1 atom stereocenters. The van der Waals surface area contributed by atoms with Gasteiger partial charge in [-0.1, -0.05) is 17.7 Å². The number of carbonyl (C=O) groups excluding carboxylic acids is 1. The summed E-state index contributed by atoms with van der Waals surface area (Å²) in [4.78, 5) is 16.0. The third-order valence-corrected chi connectivity index (χ3v) is 11.9. The van der Waals surface area contributed by atoms with E-state index in [4.69, 9.17) is 40.7 Å². The minimum absolute atomic E-state index is 0.290. The maximum atomic E-state index is 14.5. The molecule has 2 aliphatic heterocycles. The largest absolute Gasteiger partial charge is 0.493 e. The predicted molar refractivity (Wildman–Crippen MR) is 219 cm³/mol. The highest BCUT2D eigenvalue weighted by Crippen LogP contribution is 2.45. The summed E-state index contributed by atoms with van der Waals surface area (Å²) in [5.41, 5.74) is 8.49. The Balaban J connectivity index is 1.26. The number of aromatic nitrogens is 5. The van der Waals surface area contributed by atoms with Crippen LogP contribution in [0.4, 0.5) is 4.39 Å². The summed E-state index contributed by atoms with van der Waals surface area (Å²) in [5.74, 6) is -0.0254. The Morgan fingerprint density at radius 2 is 1.79 bits per heavy atom. The number of esters is 1. The van der Waals surface area contributed by atoms with Crippen LogP contribution in [-0.4, -0.2) is 81.6 Å². The topological polar surface area (TPSA) is 97.8 Å². The zero-order valence-electron chi connectivity index (χ0n) is 33.4. The molecule has 1 fully saturated rings. The van der Waals surface area contributed by atoms with Gasteiger partial charge in [-0.25, -0.2) is 9.18 Å². The summed E-state index contributed by atoms with van der Waals surface area (Å²) in [6.07, 6.45) is 3.28. The van der Waals surface area contributed by atoms with Gasteiger partial charge in [-0.3, -0.25) is 14.3 Å². The number of hydrogen-bond acceptors (Lipinski definition) is 8. The maximum Gasteiger partial charge on any atom is 0.354 e. The second-order valence-corrected chi connectivity index (χ2v) is 15.6. The molecule has 0 spiro atoms. The van der Waals surface area contributed by atoms with Crippen molar-refractivity contribution in [2.75, 3.05) is 46.6 Å². The predicted octanol–water partition coefficient (Wildman–Crippen LogP) is 8.06. The summed E-state index contributed by atoms with van der Waals surface area (Å²) in [7, 11) is 5.31. The number of methoxy groups -OCH3 is 1. The fraction of sp³-hybridized carbons (Fsp3) is 0.432. The molecule has 0 saturated carbocycles. The van der Waals surface area contributed by atoms with Crippen molar-refractivity contribution in [2.45, 2.75) is 65.2 Å². The molecule has 1 saturated heterocycles. The van der Waals surface area contributed by atoms with E-state index >= 15 is 0 Å². The van der Waals surface area contributed by atoms with Gasteiger partial charge >= 0.3 is 5.97 Å². The molecule has 0 aliphatic carbocycles. The van der Waals surface area contributed by atoms with Gasteiger partial charge in [0.05, 0.1) is 44.9 Å². The van der Waals surface area contributed by atoms with Gasteiger partial charge in [-0.2, -0.15) is 10.2 Å². The van der Waals surface area contributed by atoms with Crippen molar-refractivity contribution in [1.82, 2.24) is 29.0 Å². The SMILES string of the molecule is COC(=O)c1c(C)c2c3c(Cl)ccc2n1CCCOc1cc(cc2cc(F)ccc12)CCc1cc(nn1C)COC(CCCN1CCOCC1)c1nn(C)c(C)c1-3. The number of morpholine rings is 1. The molecule has 13 heteroatoms. The molecular weight excluding hydrogens is 747 g/mol. The Morgan fingerprint density at radius 3 is 2.60 bits per heavy atom. The van der Waals surface area contributed by atoms with E-state index in [1.54, 1.807) is 12.1 Å². The average molecular weight is 797 g/mol. The van der Waals surface area contributed by atoms with Crippen molar-refractivity contribution in [3.05, 3.63) is 99.0 Å². The molecule has 8 rings (SSSR count). The van der Waals surface area contributed by atoms with Crippen LogP contribution in [0.15, 0.2) is 48.5 Å². The van der Waals surface area contributed by atoms with E-state index in [2.05, 4.69) is 24.0 Å². The van der Waals surface area contributed by atoms with Gasteiger partial charge in [0, 0.05) is 77.6 Å². The van der Waals surface area contributed by atoms with E-state index in [1.807, 2.05) is 53.1 Å². The van der Waals surface area contributed by atoms with E-state index in [1.165, 1.54) is 13.2 Å². The number of fused-ring (bicyclic) bond motifs is 8. The molecule has 300 valence electrons. The van der Waals surface area contributed by atoms with Crippen molar-refractivity contribution in [2.24, 2.45) is 14.1 Å². The van der Waals surface area contributed by atoms with Crippen LogP contribution in [0, 0.1) is 19.7 Å². The molecule has 11 nitrogen and oxygen atoms in total. The zero-order valence-corrected chi connectivity index (χ0v) is 34.1. The van der Waals surface area contributed by atoms with Crippen molar-refractivity contribution in [3.63, 3.8) is 0 Å². The molecule has 3 aromatic heterocycles. The van der Waals surface area contributed by atoms with E-state index in [9.17, 15) is 9.18 Å². The van der Waals surface area contributed by atoms with Crippen LogP contribution in [0.5, 0.6) is 5.75 Å². The fourth-order valence-electron chi connectivity index (χ4n) is 8.61. The Bertz CT molecular complexity index is 2450. The van der Waals surface area contributed by atoms with Crippen molar-refractivity contribution in [3.8, 4) is 16.9 Å². The zero-order chi connectivity index (χ0) is 39.8. The second-order valence-electron chi connectivity index (χ2n) is 15.2. The molecular formula is C44H50ClFN6O5. The Morgan fingerprint density at radius 1 is 0.965 bits per heavy atom. The van der Waals surface area contributed by atoms with Crippen LogP contribution in [0.1, 0.15) is 69.8 Å². The van der Waals surface area contributed by atoms with Crippen LogP contribution >= 0.6 is 11.6 Å². The molecule has 8 bridgehead atoms. The maximum absolute atomic E-state index is 14.5. The van der Waals surface area contributed by atoms with Gasteiger partial charge in [0.2, 0.25) is 0 Å². The Hall–Kier alpha value is -4.75. The molecule has 0 radical (unpaired) electrons. The lowest BCUT2D eigenvalue weighted by Crippen LogP contribution is -2.36. The standard InChI is InChI=1S/C44H50ClFN6O5/c1-27-39-36-14-13-35(45)41(39)40-28(2)49(3)48-42(40)37(8-6-15-51-17-20-55-21-18-51)57-26-32-25-33(50(4)47-32)11-9-29-22-30-24-31(46)10-12-34(30)38(23-29)56-19-7-16-52(36)43(27)44(53)54-5/h10,12-14,22-25,37H,6-9,11,15-21,26H2,1-5H3. The third kappa shape index (κ3) is 7.80. The molecule has 1 unspecified atom stereocenters. The normalized spacial score (nSPS) is 17.1. The van der Waals surface area contributed by atoms with Gasteiger partial charge in [-0.15, -0.1) is 0 Å². The number of benzene rings is 3. The first-order chi connectivity index (χ1) is 27.6. The lowest BCUT2D eigenvalue weighted by Gasteiger charge is -2.27. The molecule has 5 heterocycles. The Kier molecular flexibility index (Phi) is 11.4. The average Bonchev–Trinajstić information content (AvgIpc) is 3.81. The molecule has 57 heavy (non-hydrogen) atoms. The number of ether oxygens (including phenoxy) is 4. The summed E-state index contributed by atoms with van der Waals surface area (Å²) in [5, 5.41) is 13.1. The lowest BCUT2D eigenvalue weighted by molar-refractivity contribution is 0.0168. The number of hydrogen-bond donors (Lipinski definition) is 0. The number of rotatable bonds is 5. The first-order valence-corrected chi connectivity index (χ1v) is 20.2. The summed E-state index contributed by atoms with van der Waals surface area (Å²) in [6, 6.07) is 14.9. The smallest absolute Gasteiger partial charge is 0.354 e. The number of nitrogens with zero attached hydrogens (tertiary/aromatic N) is 6.